The molecule has 7 nitrogen and oxygen atoms in total. The van der Waals surface area contributed by atoms with Crippen LogP contribution < -0.4 is 10.2 Å². The number of benzene rings is 2. The van der Waals surface area contributed by atoms with Crippen LogP contribution in [0.15, 0.2) is 54.6 Å². The number of alkyl halides is 3. The SMILES string of the molecule is CC(NC(=O)C1CCN(c2ccc3nnc(C(F)(F)F)n3n2)CC1)c1ccc2ccccc2c1. The van der Waals surface area contributed by atoms with E-state index in [-0.39, 0.29) is 23.5 Å². The van der Waals surface area contributed by atoms with E-state index in [1.807, 2.05) is 36.1 Å². The zero-order valence-corrected chi connectivity index (χ0v) is 18.5. The number of anilines is 1. The second kappa shape index (κ2) is 8.58. The molecule has 1 atom stereocenters. The van der Waals surface area contributed by atoms with E-state index in [0.717, 1.165) is 20.9 Å². The Balaban J connectivity index is 1.22. The van der Waals surface area contributed by atoms with Crippen molar-refractivity contribution < 1.29 is 18.0 Å². The van der Waals surface area contributed by atoms with Crippen LogP contribution in [0, 0.1) is 5.92 Å². The molecule has 0 aliphatic carbocycles. The predicted octanol–water partition coefficient (Wildman–Crippen LogP) is 4.39. The van der Waals surface area contributed by atoms with Gasteiger partial charge in [-0.15, -0.1) is 15.3 Å². The van der Waals surface area contributed by atoms with E-state index >= 15 is 0 Å². The Morgan fingerprint density at radius 2 is 1.76 bits per heavy atom. The van der Waals surface area contributed by atoms with Crippen molar-refractivity contribution in [3.05, 3.63) is 66.0 Å². The first-order valence-electron chi connectivity index (χ1n) is 11.1. The molecule has 0 radical (unpaired) electrons. The van der Waals surface area contributed by atoms with Gasteiger partial charge in [0.2, 0.25) is 5.91 Å². The molecule has 3 heterocycles. The Morgan fingerprint density at radius 3 is 2.50 bits per heavy atom. The lowest BCUT2D eigenvalue weighted by atomic mass is 9.95. The van der Waals surface area contributed by atoms with Crippen LogP contribution in [0.1, 0.15) is 37.2 Å². The lowest BCUT2D eigenvalue weighted by molar-refractivity contribution is -0.146. The maximum absolute atomic E-state index is 13.1. The van der Waals surface area contributed by atoms with Crippen molar-refractivity contribution >= 4 is 28.1 Å². The highest BCUT2D eigenvalue weighted by atomic mass is 19.4. The number of halogens is 3. The third kappa shape index (κ3) is 4.27. The van der Waals surface area contributed by atoms with E-state index < -0.39 is 12.0 Å². The van der Waals surface area contributed by atoms with Crippen molar-refractivity contribution in [1.29, 1.82) is 0 Å². The van der Waals surface area contributed by atoms with Gasteiger partial charge in [-0.1, -0.05) is 36.4 Å². The smallest absolute Gasteiger partial charge is 0.355 e. The molecule has 1 aliphatic rings. The molecule has 10 heteroatoms. The molecule has 176 valence electrons. The van der Waals surface area contributed by atoms with Crippen LogP contribution in [0.3, 0.4) is 0 Å². The molecule has 5 rings (SSSR count). The minimum absolute atomic E-state index is 0.0121. The van der Waals surface area contributed by atoms with Gasteiger partial charge >= 0.3 is 6.18 Å². The zero-order valence-electron chi connectivity index (χ0n) is 18.5. The van der Waals surface area contributed by atoms with Gasteiger partial charge in [-0.05, 0) is 54.3 Å². The molecule has 1 amide bonds. The van der Waals surface area contributed by atoms with Crippen molar-refractivity contribution in [3.63, 3.8) is 0 Å². The molecule has 2 aromatic carbocycles. The summed E-state index contributed by atoms with van der Waals surface area (Å²) in [7, 11) is 0. The molecule has 1 aliphatic heterocycles. The number of nitrogens with one attached hydrogen (secondary N) is 1. The third-order valence-corrected chi connectivity index (χ3v) is 6.32. The van der Waals surface area contributed by atoms with Gasteiger partial charge in [0, 0.05) is 19.0 Å². The minimum atomic E-state index is -4.64. The molecule has 1 saturated heterocycles. The van der Waals surface area contributed by atoms with Crippen molar-refractivity contribution in [1.82, 2.24) is 25.1 Å². The Bertz CT molecular complexity index is 1340. The topological polar surface area (TPSA) is 75.4 Å². The van der Waals surface area contributed by atoms with Gasteiger partial charge in [0.25, 0.3) is 5.82 Å². The lowest BCUT2D eigenvalue weighted by Gasteiger charge is -2.32. The maximum atomic E-state index is 13.1. The molecule has 1 N–H and O–H groups in total. The molecule has 34 heavy (non-hydrogen) atoms. The van der Waals surface area contributed by atoms with Crippen molar-refractivity contribution in [2.24, 2.45) is 5.92 Å². The summed E-state index contributed by atoms with van der Waals surface area (Å²) in [5.74, 6) is -0.923. The average Bonchev–Trinajstić information content (AvgIpc) is 3.28. The number of nitrogens with zero attached hydrogens (tertiary/aromatic N) is 5. The molecule has 0 saturated carbocycles. The largest absolute Gasteiger partial charge is 0.453 e. The van der Waals surface area contributed by atoms with E-state index in [9.17, 15) is 18.0 Å². The highest BCUT2D eigenvalue weighted by Gasteiger charge is 2.38. The van der Waals surface area contributed by atoms with E-state index in [1.165, 1.54) is 6.07 Å². The zero-order chi connectivity index (χ0) is 23.9. The Kier molecular flexibility index (Phi) is 5.59. The van der Waals surface area contributed by atoms with Crippen LogP contribution in [0.4, 0.5) is 19.0 Å². The first-order valence-corrected chi connectivity index (χ1v) is 11.1. The summed E-state index contributed by atoms with van der Waals surface area (Å²) in [6, 6.07) is 17.2. The number of amides is 1. The number of hydrogen-bond donors (Lipinski definition) is 1. The van der Waals surface area contributed by atoms with Gasteiger partial charge in [-0.25, -0.2) is 0 Å². The van der Waals surface area contributed by atoms with Crippen molar-refractivity contribution in [2.45, 2.75) is 32.0 Å². The third-order valence-electron chi connectivity index (χ3n) is 6.32. The highest BCUT2D eigenvalue weighted by Crippen LogP contribution is 2.29. The second-order valence-corrected chi connectivity index (χ2v) is 8.58. The van der Waals surface area contributed by atoms with Crippen molar-refractivity contribution in [2.75, 3.05) is 18.0 Å². The maximum Gasteiger partial charge on any atom is 0.453 e. The Morgan fingerprint density at radius 1 is 1.03 bits per heavy atom. The molecule has 0 bridgehead atoms. The van der Waals surface area contributed by atoms with Crippen LogP contribution >= 0.6 is 0 Å². The molecule has 2 aromatic heterocycles. The second-order valence-electron chi connectivity index (χ2n) is 8.58. The summed E-state index contributed by atoms with van der Waals surface area (Å²) in [6.45, 7) is 3.00. The fourth-order valence-corrected chi connectivity index (χ4v) is 4.39. The molecular weight excluding hydrogens is 445 g/mol. The van der Waals surface area contributed by atoms with Gasteiger partial charge < -0.3 is 10.2 Å². The van der Waals surface area contributed by atoms with Crippen LogP contribution in [-0.4, -0.2) is 38.8 Å². The summed E-state index contributed by atoms with van der Waals surface area (Å²) < 4.78 is 40.2. The van der Waals surface area contributed by atoms with Gasteiger partial charge in [-0.3, -0.25) is 4.79 Å². The molecule has 0 spiro atoms. The van der Waals surface area contributed by atoms with Crippen LogP contribution in [0.5, 0.6) is 0 Å². The van der Waals surface area contributed by atoms with E-state index in [4.69, 9.17) is 0 Å². The van der Waals surface area contributed by atoms with Gasteiger partial charge in [-0.2, -0.15) is 17.7 Å². The summed E-state index contributed by atoms with van der Waals surface area (Å²) in [5.41, 5.74) is 1.07. The summed E-state index contributed by atoms with van der Waals surface area (Å²) in [6.07, 6.45) is -3.47. The number of fused-ring (bicyclic) bond motifs is 2. The summed E-state index contributed by atoms with van der Waals surface area (Å²) in [4.78, 5) is 14.8. The average molecular weight is 468 g/mol. The normalized spacial score (nSPS) is 16.2. The first-order chi connectivity index (χ1) is 16.3. The monoisotopic (exact) mass is 468 g/mol. The van der Waals surface area contributed by atoms with Crippen molar-refractivity contribution in [3.8, 4) is 0 Å². The Hall–Kier alpha value is -3.69. The standard InChI is InChI=1S/C24H23F3N6O/c1-15(18-7-6-16-4-2-3-5-19(16)14-18)28-22(34)17-10-12-32(13-11-17)21-9-8-20-29-30-23(24(25,26)27)33(20)31-21/h2-9,14-15,17H,10-13H2,1H3,(H,28,34). The number of rotatable bonds is 4. The number of hydrogen-bond acceptors (Lipinski definition) is 5. The van der Waals surface area contributed by atoms with Gasteiger partial charge in [0.1, 0.15) is 5.82 Å². The molecule has 1 fully saturated rings. The first kappa shape index (κ1) is 22.1. The van der Waals surface area contributed by atoms with Crippen LogP contribution in [0.2, 0.25) is 0 Å². The number of aromatic nitrogens is 4. The van der Waals surface area contributed by atoms with E-state index in [0.29, 0.717) is 31.7 Å². The number of piperidine rings is 1. The quantitative estimate of drug-likeness (QED) is 0.481. The lowest BCUT2D eigenvalue weighted by Crippen LogP contribution is -2.41. The predicted molar refractivity (Wildman–Crippen MR) is 121 cm³/mol. The summed E-state index contributed by atoms with van der Waals surface area (Å²) >= 11 is 0. The fraction of sp³-hybridized carbons (Fsp3) is 0.333. The summed E-state index contributed by atoms with van der Waals surface area (Å²) in [5, 5.41) is 16.2. The Labute approximate surface area is 193 Å². The molecule has 1 unspecified atom stereocenters. The van der Waals surface area contributed by atoms with Gasteiger partial charge in [0.15, 0.2) is 5.65 Å². The molecular formula is C24H23F3N6O. The van der Waals surface area contributed by atoms with E-state index in [1.54, 1.807) is 6.07 Å². The van der Waals surface area contributed by atoms with Gasteiger partial charge in [0.05, 0.1) is 6.04 Å². The van der Waals surface area contributed by atoms with Crippen LogP contribution in [0.25, 0.3) is 16.4 Å². The minimum Gasteiger partial charge on any atom is -0.355 e. The highest BCUT2D eigenvalue weighted by molar-refractivity contribution is 5.83. The number of carbonyl (C=O) groups excluding carboxylic acids is 1. The number of carbonyl (C=O) groups is 1. The van der Waals surface area contributed by atoms with E-state index in [2.05, 4.69) is 38.8 Å². The fourth-order valence-electron chi connectivity index (χ4n) is 4.39. The van der Waals surface area contributed by atoms with Crippen LogP contribution in [-0.2, 0) is 11.0 Å². The molecule has 4 aromatic rings.